The molecule has 1 aromatic carbocycles. The minimum Gasteiger partial charge on any atom is -0.319 e. The van der Waals surface area contributed by atoms with Crippen LogP contribution in [0.3, 0.4) is 0 Å². The molecule has 1 aromatic rings. The molecule has 0 spiro atoms. The summed E-state index contributed by atoms with van der Waals surface area (Å²) in [6, 6.07) is 4.78. The van der Waals surface area contributed by atoms with Crippen molar-refractivity contribution in [2.24, 2.45) is 5.92 Å². The molecule has 1 fully saturated rings. The molecule has 1 unspecified atom stereocenters. The molecular formula is C14H19ClFN. The number of rotatable bonds is 4. The fourth-order valence-corrected chi connectivity index (χ4v) is 3.22. The van der Waals surface area contributed by atoms with Gasteiger partial charge in [-0.15, -0.1) is 0 Å². The van der Waals surface area contributed by atoms with Crippen LogP contribution in [-0.4, -0.2) is 13.6 Å². The first-order chi connectivity index (χ1) is 8.22. The highest BCUT2D eigenvalue weighted by atomic mass is 35.5. The first-order valence-electron chi connectivity index (χ1n) is 6.32. The Balaban J connectivity index is 2.24. The summed E-state index contributed by atoms with van der Waals surface area (Å²) in [5.74, 6) is 0.842. The Morgan fingerprint density at radius 1 is 1.41 bits per heavy atom. The summed E-state index contributed by atoms with van der Waals surface area (Å²) in [6.07, 6.45) is 5.15. The minimum atomic E-state index is -0.256. The number of halogens is 2. The van der Waals surface area contributed by atoms with Gasteiger partial charge in [0.2, 0.25) is 0 Å². The standard InChI is InChI=1S/C14H19ClFN/c1-17-9-13(10-4-2-3-5-10)12-7-6-11(16)8-14(12)15/h6-8,10,13,17H,2-5,9H2,1H3. The third kappa shape index (κ3) is 2.99. The van der Waals surface area contributed by atoms with Crippen molar-refractivity contribution in [3.63, 3.8) is 0 Å². The lowest BCUT2D eigenvalue weighted by molar-refractivity contribution is 0.421. The van der Waals surface area contributed by atoms with Gasteiger partial charge in [0.25, 0.3) is 0 Å². The zero-order valence-corrected chi connectivity index (χ0v) is 10.9. The molecule has 1 saturated carbocycles. The van der Waals surface area contributed by atoms with Crippen molar-refractivity contribution < 1.29 is 4.39 Å². The Labute approximate surface area is 107 Å². The van der Waals surface area contributed by atoms with Crippen molar-refractivity contribution in [3.05, 3.63) is 34.6 Å². The second-order valence-electron chi connectivity index (χ2n) is 4.87. The predicted molar refractivity (Wildman–Crippen MR) is 70.0 cm³/mol. The van der Waals surface area contributed by atoms with Gasteiger partial charge in [0, 0.05) is 17.5 Å². The van der Waals surface area contributed by atoms with Gasteiger partial charge in [0.05, 0.1) is 0 Å². The van der Waals surface area contributed by atoms with E-state index in [2.05, 4.69) is 5.32 Å². The highest BCUT2D eigenvalue weighted by Gasteiger charge is 2.27. The van der Waals surface area contributed by atoms with Crippen molar-refractivity contribution in [3.8, 4) is 0 Å². The van der Waals surface area contributed by atoms with Gasteiger partial charge >= 0.3 is 0 Å². The normalized spacial score (nSPS) is 18.5. The second-order valence-corrected chi connectivity index (χ2v) is 5.28. The third-order valence-electron chi connectivity index (χ3n) is 3.75. The zero-order chi connectivity index (χ0) is 12.3. The molecule has 0 heterocycles. The molecule has 0 saturated heterocycles. The van der Waals surface area contributed by atoms with E-state index in [1.807, 2.05) is 13.1 Å². The maximum Gasteiger partial charge on any atom is 0.124 e. The summed E-state index contributed by atoms with van der Waals surface area (Å²) in [5.41, 5.74) is 1.09. The minimum absolute atomic E-state index is 0.256. The van der Waals surface area contributed by atoms with Crippen LogP contribution in [-0.2, 0) is 0 Å². The molecule has 1 aliphatic rings. The molecule has 3 heteroatoms. The number of benzene rings is 1. The van der Waals surface area contributed by atoms with E-state index in [1.165, 1.54) is 37.8 Å². The molecule has 1 aliphatic carbocycles. The molecule has 0 amide bonds. The van der Waals surface area contributed by atoms with Crippen molar-refractivity contribution in [1.29, 1.82) is 0 Å². The van der Waals surface area contributed by atoms with Crippen LogP contribution in [0.5, 0.6) is 0 Å². The smallest absolute Gasteiger partial charge is 0.124 e. The topological polar surface area (TPSA) is 12.0 Å². The van der Waals surface area contributed by atoms with Crippen LogP contribution in [0.2, 0.25) is 5.02 Å². The maximum atomic E-state index is 13.1. The van der Waals surface area contributed by atoms with Crippen LogP contribution in [0.25, 0.3) is 0 Å². The van der Waals surface area contributed by atoms with E-state index in [9.17, 15) is 4.39 Å². The molecule has 2 rings (SSSR count). The van der Waals surface area contributed by atoms with Gasteiger partial charge < -0.3 is 5.32 Å². The molecule has 1 N–H and O–H groups in total. The summed E-state index contributed by atoms with van der Waals surface area (Å²) >= 11 is 6.17. The SMILES string of the molecule is CNCC(c1ccc(F)cc1Cl)C1CCCC1. The number of hydrogen-bond acceptors (Lipinski definition) is 1. The Bertz CT molecular complexity index is 374. The van der Waals surface area contributed by atoms with Gasteiger partial charge in [-0.05, 0) is 43.5 Å². The Hall–Kier alpha value is -0.600. The summed E-state index contributed by atoms with van der Waals surface area (Å²) in [6.45, 7) is 0.913. The van der Waals surface area contributed by atoms with Crippen molar-refractivity contribution in [2.45, 2.75) is 31.6 Å². The van der Waals surface area contributed by atoms with Crippen LogP contribution in [0, 0.1) is 11.7 Å². The van der Waals surface area contributed by atoms with Crippen LogP contribution in [0.1, 0.15) is 37.2 Å². The Morgan fingerprint density at radius 3 is 2.71 bits per heavy atom. The largest absolute Gasteiger partial charge is 0.319 e. The molecule has 0 bridgehead atoms. The lowest BCUT2D eigenvalue weighted by Gasteiger charge is -2.24. The van der Waals surface area contributed by atoms with Crippen LogP contribution < -0.4 is 5.32 Å². The zero-order valence-electron chi connectivity index (χ0n) is 10.2. The molecule has 0 aliphatic heterocycles. The number of hydrogen-bond donors (Lipinski definition) is 1. The van der Waals surface area contributed by atoms with Crippen molar-refractivity contribution >= 4 is 11.6 Å². The molecule has 1 nitrogen and oxygen atoms in total. The van der Waals surface area contributed by atoms with Gasteiger partial charge in [-0.2, -0.15) is 0 Å². The van der Waals surface area contributed by atoms with Crippen LogP contribution in [0.4, 0.5) is 4.39 Å². The monoisotopic (exact) mass is 255 g/mol. The van der Waals surface area contributed by atoms with Gasteiger partial charge in [0.1, 0.15) is 5.82 Å². The quantitative estimate of drug-likeness (QED) is 0.858. The molecule has 1 atom stereocenters. The average Bonchev–Trinajstić information content (AvgIpc) is 2.80. The predicted octanol–water partition coefficient (Wildman–Crippen LogP) is 3.97. The second kappa shape index (κ2) is 5.83. The highest BCUT2D eigenvalue weighted by Crippen LogP contribution is 2.39. The van der Waals surface area contributed by atoms with E-state index in [0.717, 1.165) is 12.1 Å². The molecule has 0 radical (unpaired) electrons. The fourth-order valence-electron chi connectivity index (χ4n) is 2.91. The molecule has 0 aromatic heterocycles. The van der Waals surface area contributed by atoms with E-state index in [1.54, 1.807) is 0 Å². The Kier molecular flexibility index (Phi) is 4.41. The lowest BCUT2D eigenvalue weighted by Crippen LogP contribution is -2.23. The average molecular weight is 256 g/mol. The maximum absolute atomic E-state index is 13.1. The van der Waals surface area contributed by atoms with Crippen LogP contribution in [0.15, 0.2) is 18.2 Å². The van der Waals surface area contributed by atoms with E-state index >= 15 is 0 Å². The molecule has 17 heavy (non-hydrogen) atoms. The van der Waals surface area contributed by atoms with E-state index in [-0.39, 0.29) is 5.82 Å². The van der Waals surface area contributed by atoms with Gasteiger partial charge in [-0.1, -0.05) is 30.5 Å². The molecular weight excluding hydrogens is 237 g/mol. The number of nitrogens with one attached hydrogen (secondary N) is 1. The van der Waals surface area contributed by atoms with Gasteiger partial charge in [-0.25, -0.2) is 4.39 Å². The van der Waals surface area contributed by atoms with Crippen LogP contribution >= 0.6 is 11.6 Å². The van der Waals surface area contributed by atoms with E-state index in [4.69, 9.17) is 11.6 Å². The van der Waals surface area contributed by atoms with Gasteiger partial charge in [-0.3, -0.25) is 0 Å². The van der Waals surface area contributed by atoms with Gasteiger partial charge in [0.15, 0.2) is 0 Å². The lowest BCUT2D eigenvalue weighted by atomic mass is 9.84. The highest BCUT2D eigenvalue weighted by molar-refractivity contribution is 6.31. The summed E-state index contributed by atoms with van der Waals surface area (Å²) in [4.78, 5) is 0. The van der Waals surface area contributed by atoms with E-state index in [0.29, 0.717) is 16.9 Å². The van der Waals surface area contributed by atoms with Crippen molar-refractivity contribution in [2.75, 3.05) is 13.6 Å². The summed E-state index contributed by atoms with van der Waals surface area (Å²) in [5, 5.41) is 3.80. The first kappa shape index (κ1) is 12.8. The molecule has 94 valence electrons. The number of likely N-dealkylation sites (N-methyl/N-ethyl adjacent to an activating group) is 1. The summed E-state index contributed by atoms with van der Waals surface area (Å²) < 4.78 is 13.1. The Morgan fingerprint density at radius 2 is 2.12 bits per heavy atom. The third-order valence-corrected chi connectivity index (χ3v) is 4.08. The van der Waals surface area contributed by atoms with E-state index < -0.39 is 0 Å². The van der Waals surface area contributed by atoms with Crippen molar-refractivity contribution in [1.82, 2.24) is 5.32 Å². The fraction of sp³-hybridized carbons (Fsp3) is 0.571. The summed E-state index contributed by atoms with van der Waals surface area (Å²) in [7, 11) is 1.96. The first-order valence-corrected chi connectivity index (χ1v) is 6.69.